The highest BCUT2D eigenvalue weighted by atomic mass is 16.2. The highest BCUT2D eigenvalue weighted by Crippen LogP contribution is 2.30. The van der Waals surface area contributed by atoms with Crippen molar-refractivity contribution in [2.75, 3.05) is 40.3 Å². The van der Waals surface area contributed by atoms with E-state index >= 15 is 0 Å². The van der Waals surface area contributed by atoms with Gasteiger partial charge in [-0.3, -0.25) is 28.3 Å². The molecule has 68 heavy (non-hydrogen) atoms. The van der Waals surface area contributed by atoms with Gasteiger partial charge in [-0.2, -0.15) is 30.6 Å². The highest BCUT2D eigenvalue weighted by molar-refractivity contribution is 5.84. The maximum absolute atomic E-state index is 12.1. The minimum atomic E-state index is -0.0904. The summed E-state index contributed by atoms with van der Waals surface area (Å²) in [6.07, 6.45) is 28.8. The van der Waals surface area contributed by atoms with E-state index in [1.807, 2.05) is 104 Å². The summed E-state index contributed by atoms with van der Waals surface area (Å²) >= 11 is 0. The Labute approximate surface area is 395 Å². The van der Waals surface area contributed by atoms with Crippen molar-refractivity contribution >= 4 is 22.8 Å². The van der Waals surface area contributed by atoms with Crippen molar-refractivity contribution in [1.82, 2.24) is 88.8 Å². The molecule has 8 aromatic rings. The Bertz CT molecular complexity index is 2760. The van der Waals surface area contributed by atoms with Crippen molar-refractivity contribution in [3.05, 3.63) is 86.5 Å². The maximum Gasteiger partial charge on any atom is 0.239 e. The molecule has 8 aromatic heterocycles. The summed E-state index contributed by atoms with van der Waals surface area (Å²) in [7, 11) is 3.69. The Morgan fingerprint density at radius 1 is 0.544 bits per heavy atom. The molecule has 356 valence electrons. The van der Waals surface area contributed by atoms with Crippen molar-refractivity contribution in [2.24, 2.45) is 0 Å². The topological polar surface area (TPSA) is 196 Å². The van der Waals surface area contributed by atoms with Crippen molar-refractivity contribution < 1.29 is 9.59 Å². The van der Waals surface area contributed by atoms with E-state index in [-0.39, 0.29) is 23.9 Å². The van der Waals surface area contributed by atoms with E-state index in [9.17, 15) is 9.59 Å². The van der Waals surface area contributed by atoms with Crippen LogP contribution in [-0.2, 0) is 22.7 Å². The lowest BCUT2D eigenvalue weighted by molar-refractivity contribution is -0.129. The SMILES string of the molecule is CCC(CC)n1cc(-c2nc(-c3cnn(CCN[C@@H]4CCN(C)C4=O)c3)cn3nccc23)cn1.CCC(CC)n1cc(-c2nc(-c3cnn(CCN[C@H]4CCN(C)C4=O)c3)cn3nccc23)cn1. The van der Waals surface area contributed by atoms with Gasteiger partial charge in [0.1, 0.15) is 0 Å². The summed E-state index contributed by atoms with van der Waals surface area (Å²) in [4.78, 5) is 37.6. The third-order valence-electron chi connectivity index (χ3n) is 13.3. The molecule has 0 saturated carbocycles. The van der Waals surface area contributed by atoms with E-state index in [4.69, 9.17) is 9.97 Å². The zero-order valence-corrected chi connectivity index (χ0v) is 39.8. The number of likely N-dealkylation sites (N-methyl/N-ethyl adjacent to an activating group) is 2. The zero-order chi connectivity index (χ0) is 47.3. The second-order valence-corrected chi connectivity index (χ2v) is 17.7. The molecule has 2 saturated heterocycles. The molecule has 2 fully saturated rings. The Kier molecular flexibility index (Phi) is 13.8. The minimum Gasteiger partial charge on any atom is -0.344 e. The van der Waals surface area contributed by atoms with Gasteiger partial charge in [0.15, 0.2) is 0 Å². The molecule has 0 unspecified atom stereocenters. The van der Waals surface area contributed by atoms with Crippen molar-refractivity contribution in [3.8, 4) is 45.0 Å². The van der Waals surface area contributed by atoms with E-state index in [0.29, 0.717) is 38.3 Å². The second-order valence-electron chi connectivity index (χ2n) is 17.7. The van der Waals surface area contributed by atoms with Crippen LogP contribution in [0.5, 0.6) is 0 Å². The van der Waals surface area contributed by atoms with Gasteiger partial charge in [-0.25, -0.2) is 19.0 Å². The van der Waals surface area contributed by atoms with Crippen LogP contribution in [0.15, 0.2) is 86.5 Å². The molecule has 2 amide bonds. The van der Waals surface area contributed by atoms with Gasteiger partial charge in [0.25, 0.3) is 0 Å². The molecule has 0 radical (unpaired) electrons. The molecule has 2 aliphatic heterocycles. The van der Waals surface area contributed by atoms with Gasteiger partial charge in [0, 0.05) is 87.3 Å². The summed E-state index contributed by atoms with van der Waals surface area (Å²) < 4.78 is 11.5. The molecule has 0 bridgehead atoms. The van der Waals surface area contributed by atoms with E-state index < -0.39 is 0 Å². The van der Waals surface area contributed by atoms with Gasteiger partial charge in [-0.05, 0) is 50.7 Å². The Hall–Kier alpha value is -7.06. The zero-order valence-electron chi connectivity index (χ0n) is 39.8. The van der Waals surface area contributed by atoms with E-state index in [1.54, 1.807) is 22.2 Å². The van der Waals surface area contributed by atoms with Gasteiger partial charge in [0.2, 0.25) is 11.8 Å². The van der Waals surface area contributed by atoms with Gasteiger partial charge < -0.3 is 20.4 Å². The van der Waals surface area contributed by atoms with Gasteiger partial charge in [-0.1, -0.05) is 27.7 Å². The third-order valence-corrected chi connectivity index (χ3v) is 13.3. The third kappa shape index (κ3) is 9.68. The normalized spacial score (nSPS) is 16.4. The van der Waals surface area contributed by atoms with Crippen molar-refractivity contribution in [1.29, 1.82) is 0 Å². The first-order chi connectivity index (χ1) is 33.1. The first-order valence-electron chi connectivity index (χ1n) is 23.9. The summed E-state index contributed by atoms with van der Waals surface area (Å²) in [5, 5.41) is 33.8. The number of fused-ring (bicyclic) bond motifs is 2. The molecule has 20 heteroatoms. The van der Waals surface area contributed by atoms with Crippen LogP contribution in [0.25, 0.3) is 56.1 Å². The fourth-order valence-electron chi connectivity index (χ4n) is 9.17. The summed E-state index contributed by atoms with van der Waals surface area (Å²) in [6.45, 7) is 13.0. The van der Waals surface area contributed by atoms with E-state index in [2.05, 4.69) is 81.3 Å². The molecular weight excluding hydrogens is 861 g/mol. The lowest BCUT2D eigenvalue weighted by atomic mass is 10.1. The summed E-state index contributed by atoms with van der Waals surface area (Å²) in [5.41, 5.74) is 8.97. The second kappa shape index (κ2) is 20.4. The fraction of sp³-hybridized carbons (Fsp3) is 0.458. The lowest BCUT2D eigenvalue weighted by Crippen LogP contribution is -2.38. The first-order valence-corrected chi connectivity index (χ1v) is 23.9. The molecule has 2 N–H and O–H groups in total. The molecular formula is C48H62N18O2. The van der Waals surface area contributed by atoms with E-state index in [1.165, 1.54) is 0 Å². The summed E-state index contributed by atoms with van der Waals surface area (Å²) in [5.74, 6) is 0.329. The number of hydrogen-bond donors (Lipinski definition) is 2. The molecule has 0 spiro atoms. The van der Waals surface area contributed by atoms with Gasteiger partial charge in [-0.15, -0.1) is 0 Å². The van der Waals surface area contributed by atoms with Crippen LogP contribution in [-0.4, -0.2) is 142 Å². The van der Waals surface area contributed by atoms with Gasteiger partial charge >= 0.3 is 0 Å². The number of likely N-dealkylation sites (tertiary alicyclic amines) is 2. The highest BCUT2D eigenvalue weighted by Gasteiger charge is 2.29. The monoisotopic (exact) mass is 923 g/mol. The van der Waals surface area contributed by atoms with Crippen molar-refractivity contribution in [2.45, 2.75) is 103 Å². The largest absolute Gasteiger partial charge is 0.344 e. The number of nitrogens with one attached hydrogen (secondary N) is 2. The van der Waals surface area contributed by atoms with Crippen LogP contribution in [0.1, 0.15) is 78.3 Å². The number of rotatable bonds is 18. The van der Waals surface area contributed by atoms with Gasteiger partial charge in [0.05, 0.1) is 121 Å². The maximum atomic E-state index is 12.1. The molecule has 20 nitrogen and oxygen atoms in total. The average Bonchev–Trinajstić information content (AvgIpc) is 4.21. The number of carbonyl (C=O) groups excluding carboxylic acids is 2. The van der Waals surface area contributed by atoms with Crippen LogP contribution in [0, 0.1) is 0 Å². The Morgan fingerprint density at radius 3 is 1.34 bits per heavy atom. The number of carbonyl (C=O) groups is 2. The molecule has 2 aliphatic rings. The standard InChI is InChI=1S/2C24H31N9O/c2*1-4-19(5-2)32-15-18(13-28-32)23-22-6-8-26-33(22)16-21(29-23)17-12-27-31(14-17)11-9-25-20-7-10-30(3)24(20)34/h2*6,8,12-16,19-20,25H,4-5,7,9-11H2,1-3H3/t2*20-/m10/s1. The summed E-state index contributed by atoms with van der Waals surface area (Å²) in [6, 6.07) is 4.52. The average molecular weight is 923 g/mol. The molecule has 0 aromatic carbocycles. The molecule has 2 atom stereocenters. The minimum absolute atomic E-state index is 0.0904. The predicted octanol–water partition coefficient (Wildman–Crippen LogP) is 5.28. The van der Waals surface area contributed by atoms with Crippen LogP contribution in [0.2, 0.25) is 0 Å². The smallest absolute Gasteiger partial charge is 0.239 e. The molecule has 10 heterocycles. The number of nitrogens with zero attached hydrogens (tertiary/aromatic N) is 16. The van der Waals surface area contributed by atoms with Crippen LogP contribution in [0.3, 0.4) is 0 Å². The molecule has 0 aliphatic carbocycles. The quantitative estimate of drug-likeness (QED) is 0.113. The van der Waals surface area contributed by atoms with Crippen molar-refractivity contribution in [3.63, 3.8) is 0 Å². The van der Waals surface area contributed by atoms with Crippen LogP contribution in [0.4, 0.5) is 0 Å². The first kappa shape index (κ1) is 46.1. The Morgan fingerprint density at radius 2 is 0.956 bits per heavy atom. The number of hydrogen-bond acceptors (Lipinski definition) is 12. The fourth-order valence-corrected chi connectivity index (χ4v) is 9.17. The number of amides is 2. The number of aromatic nitrogens is 14. The Balaban J connectivity index is 0.000000170. The lowest BCUT2D eigenvalue weighted by Gasteiger charge is -2.12. The van der Waals surface area contributed by atoms with Crippen LogP contribution >= 0.6 is 0 Å². The predicted molar refractivity (Wildman–Crippen MR) is 258 cm³/mol. The van der Waals surface area contributed by atoms with E-state index in [0.717, 1.165) is 108 Å². The van der Waals surface area contributed by atoms with Crippen LogP contribution < -0.4 is 10.6 Å². The molecule has 10 rings (SSSR count).